The fraction of sp³-hybridized carbons (Fsp3) is 0.400. The van der Waals surface area contributed by atoms with Crippen molar-refractivity contribution in [2.24, 2.45) is 0 Å². The van der Waals surface area contributed by atoms with Crippen LogP contribution in [0.25, 0.3) is 11.2 Å². The minimum atomic E-state index is -0.669. The molecule has 7 nitrogen and oxygen atoms in total. The molecule has 1 aromatic carbocycles. The van der Waals surface area contributed by atoms with E-state index in [4.69, 9.17) is 25.8 Å². The molecule has 0 spiro atoms. The van der Waals surface area contributed by atoms with E-state index in [0.717, 1.165) is 0 Å². The van der Waals surface area contributed by atoms with Crippen LogP contribution >= 0.6 is 27.5 Å². The number of nitrogens with zero attached hydrogens (tertiary/aromatic N) is 2. The zero-order valence-electron chi connectivity index (χ0n) is 15.9. The summed E-state index contributed by atoms with van der Waals surface area (Å²) in [5.74, 6) is -1.26. The molecule has 2 saturated heterocycles. The van der Waals surface area contributed by atoms with Crippen LogP contribution in [0.2, 0.25) is 5.02 Å². The summed E-state index contributed by atoms with van der Waals surface area (Å²) < 4.78 is 45.5. The molecule has 2 aromatic heterocycles. The molecule has 5 rings (SSSR count). The lowest BCUT2D eigenvalue weighted by Crippen LogP contribution is -2.34. The van der Waals surface area contributed by atoms with Crippen LogP contribution < -0.4 is 4.74 Å². The Morgan fingerprint density at radius 2 is 1.87 bits per heavy atom. The predicted molar refractivity (Wildman–Crippen MR) is 110 cm³/mol. The standard InChI is InChI=1S/C20H17BrClF2N3O4/c21-8-3-11(23)9(12(24)4-8)1-2-13-10(22)5-14-19(25-13)27-20(26-14)31-16-7-30-17-15(28)6-29-18(16)17/h3-5,15-18,28H,1-2,6-7H2,(H,25,26,27)/t15-,16-,17-,18-/m1/s1. The monoisotopic (exact) mass is 515 g/mol. The number of aromatic amines is 1. The van der Waals surface area contributed by atoms with E-state index in [0.29, 0.717) is 26.4 Å². The Morgan fingerprint density at radius 1 is 1.13 bits per heavy atom. The smallest absolute Gasteiger partial charge is 0.296 e. The molecule has 164 valence electrons. The summed E-state index contributed by atoms with van der Waals surface area (Å²) in [6.45, 7) is 0.475. The van der Waals surface area contributed by atoms with Gasteiger partial charge in [0.2, 0.25) is 0 Å². The van der Waals surface area contributed by atoms with Gasteiger partial charge in [-0.25, -0.2) is 13.8 Å². The molecule has 0 amide bonds. The highest BCUT2D eigenvalue weighted by atomic mass is 79.9. The SMILES string of the molecule is O[C@@H]1CO[C@H]2[C@@H]1OC[C@H]2Oc1nc2nc(CCc3c(F)cc(Br)cc3F)c(Cl)cc2[nH]1. The fourth-order valence-corrected chi connectivity index (χ4v) is 4.55. The Bertz CT molecular complexity index is 1120. The number of benzene rings is 1. The van der Waals surface area contributed by atoms with Crippen molar-refractivity contribution < 1.29 is 28.1 Å². The van der Waals surface area contributed by atoms with Crippen LogP contribution in [0.3, 0.4) is 0 Å². The number of hydrogen-bond donors (Lipinski definition) is 2. The molecular weight excluding hydrogens is 500 g/mol. The van der Waals surface area contributed by atoms with Gasteiger partial charge in [0.25, 0.3) is 6.01 Å². The number of H-pyrrole nitrogens is 1. The van der Waals surface area contributed by atoms with Crippen molar-refractivity contribution in [3.63, 3.8) is 0 Å². The molecule has 2 fully saturated rings. The third-order valence-corrected chi connectivity index (χ3v) is 6.23. The highest BCUT2D eigenvalue weighted by molar-refractivity contribution is 9.10. The normalized spacial score (nSPS) is 25.3. The van der Waals surface area contributed by atoms with E-state index in [1.54, 1.807) is 6.07 Å². The quantitative estimate of drug-likeness (QED) is 0.541. The summed E-state index contributed by atoms with van der Waals surface area (Å²) in [5.41, 5.74) is 1.38. The third kappa shape index (κ3) is 4.03. The molecule has 0 saturated carbocycles. The Kier molecular flexibility index (Phi) is 5.59. The molecule has 2 aliphatic rings. The molecule has 11 heteroatoms. The van der Waals surface area contributed by atoms with Gasteiger partial charge in [0, 0.05) is 10.0 Å². The number of imidazole rings is 1. The van der Waals surface area contributed by atoms with Crippen LogP contribution in [0.1, 0.15) is 11.3 Å². The summed E-state index contributed by atoms with van der Waals surface area (Å²) in [7, 11) is 0. The Morgan fingerprint density at radius 3 is 2.65 bits per heavy atom. The summed E-state index contributed by atoms with van der Waals surface area (Å²) in [6, 6.07) is 4.31. The van der Waals surface area contributed by atoms with Crippen molar-refractivity contribution in [1.29, 1.82) is 0 Å². The minimum Gasteiger partial charge on any atom is -0.456 e. The van der Waals surface area contributed by atoms with Crippen molar-refractivity contribution in [3.05, 3.63) is 50.6 Å². The number of aromatic nitrogens is 3. The first-order valence-electron chi connectivity index (χ1n) is 9.65. The second-order valence-electron chi connectivity index (χ2n) is 7.50. The van der Waals surface area contributed by atoms with E-state index < -0.39 is 29.9 Å². The number of fused-ring (bicyclic) bond motifs is 2. The van der Waals surface area contributed by atoms with Crippen molar-refractivity contribution in [2.45, 2.75) is 37.3 Å². The molecule has 2 aliphatic heterocycles. The average Bonchev–Trinajstić information content (AvgIpc) is 3.38. The zero-order chi connectivity index (χ0) is 21.7. The van der Waals surface area contributed by atoms with Crippen LogP contribution in [0.4, 0.5) is 8.78 Å². The van der Waals surface area contributed by atoms with Gasteiger partial charge in [-0.05, 0) is 31.0 Å². The van der Waals surface area contributed by atoms with Gasteiger partial charge in [-0.15, -0.1) is 0 Å². The maximum absolute atomic E-state index is 14.1. The minimum absolute atomic E-state index is 0.0262. The summed E-state index contributed by atoms with van der Waals surface area (Å²) in [4.78, 5) is 11.8. The van der Waals surface area contributed by atoms with Gasteiger partial charge in [-0.2, -0.15) is 4.98 Å². The Balaban J connectivity index is 1.33. The Hall–Kier alpha value is -1.85. The van der Waals surface area contributed by atoms with Crippen LogP contribution in [0.15, 0.2) is 22.7 Å². The van der Waals surface area contributed by atoms with Gasteiger partial charge in [0.15, 0.2) is 11.8 Å². The predicted octanol–water partition coefficient (Wildman–Crippen LogP) is 3.34. The highest BCUT2D eigenvalue weighted by Gasteiger charge is 2.48. The molecule has 0 bridgehead atoms. The number of pyridine rings is 1. The molecule has 0 unspecified atom stereocenters. The largest absolute Gasteiger partial charge is 0.456 e. The fourth-order valence-electron chi connectivity index (χ4n) is 3.91. The lowest BCUT2D eigenvalue weighted by atomic mass is 10.1. The van der Waals surface area contributed by atoms with Crippen molar-refractivity contribution in [1.82, 2.24) is 15.0 Å². The number of rotatable bonds is 5. The van der Waals surface area contributed by atoms with Crippen LogP contribution in [0.5, 0.6) is 6.01 Å². The highest BCUT2D eigenvalue weighted by Crippen LogP contribution is 2.30. The average molecular weight is 517 g/mol. The first-order valence-corrected chi connectivity index (χ1v) is 10.8. The molecule has 0 radical (unpaired) electrons. The van der Waals surface area contributed by atoms with Crippen molar-refractivity contribution in [2.75, 3.05) is 13.2 Å². The summed E-state index contributed by atoms with van der Waals surface area (Å²) >= 11 is 9.40. The lowest BCUT2D eigenvalue weighted by Gasteiger charge is -2.15. The molecule has 31 heavy (non-hydrogen) atoms. The topological polar surface area (TPSA) is 89.5 Å². The number of nitrogens with one attached hydrogen (secondary N) is 1. The number of aliphatic hydroxyl groups is 1. The van der Waals surface area contributed by atoms with Crippen LogP contribution in [-0.4, -0.2) is 57.7 Å². The number of hydrogen-bond acceptors (Lipinski definition) is 6. The summed E-state index contributed by atoms with van der Waals surface area (Å²) in [5, 5.41) is 10.2. The lowest BCUT2D eigenvalue weighted by molar-refractivity contribution is 0.00706. The van der Waals surface area contributed by atoms with Gasteiger partial charge in [-0.1, -0.05) is 27.5 Å². The third-order valence-electron chi connectivity index (χ3n) is 5.44. The van der Waals surface area contributed by atoms with E-state index in [1.807, 2.05) is 0 Å². The van der Waals surface area contributed by atoms with E-state index in [2.05, 4.69) is 30.9 Å². The van der Waals surface area contributed by atoms with Gasteiger partial charge in [0.05, 0.1) is 29.4 Å². The Labute approximate surface area is 188 Å². The van der Waals surface area contributed by atoms with E-state index in [-0.39, 0.29) is 43.7 Å². The van der Waals surface area contributed by atoms with Gasteiger partial charge < -0.3 is 24.3 Å². The maximum atomic E-state index is 14.1. The van der Waals surface area contributed by atoms with Crippen molar-refractivity contribution in [3.8, 4) is 6.01 Å². The number of ether oxygens (including phenoxy) is 3. The van der Waals surface area contributed by atoms with Crippen molar-refractivity contribution >= 4 is 38.7 Å². The number of aryl methyl sites for hydroxylation is 1. The van der Waals surface area contributed by atoms with Gasteiger partial charge >= 0.3 is 0 Å². The van der Waals surface area contributed by atoms with Crippen LogP contribution in [0, 0.1) is 11.6 Å². The maximum Gasteiger partial charge on any atom is 0.296 e. The van der Waals surface area contributed by atoms with Crippen LogP contribution in [-0.2, 0) is 22.3 Å². The zero-order valence-corrected chi connectivity index (χ0v) is 18.3. The molecule has 0 aliphatic carbocycles. The summed E-state index contributed by atoms with van der Waals surface area (Å²) in [6.07, 6.45) is -1.53. The second kappa shape index (κ2) is 8.25. The van der Waals surface area contributed by atoms with Gasteiger partial charge in [0.1, 0.15) is 29.9 Å². The molecule has 3 aromatic rings. The van der Waals surface area contributed by atoms with Gasteiger partial charge in [-0.3, -0.25) is 0 Å². The first kappa shape index (κ1) is 21.0. The molecular formula is C20H17BrClF2N3O4. The molecule has 2 N–H and O–H groups in total. The number of aliphatic hydroxyl groups excluding tert-OH is 1. The van der Waals surface area contributed by atoms with E-state index >= 15 is 0 Å². The van der Waals surface area contributed by atoms with E-state index in [9.17, 15) is 13.9 Å². The first-order chi connectivity index (χ1) is 14.9. The van der Waals surface area contributed by atoms with E-state index in [1.165, 1.54) is 12.1 Å². The molecule has 4 atom stereocenters. The number of halogens is 4. The second-order valence-corrected chi connectivity index (χ2v) is 8.82. The molecule has 4 heterocycles.